The Labute approximate surface area is 131 Å². The molecular weight excluding hydrogens is 254 g/mol. The third kappa shape index (κ3) is 3.51. The molecule has 118 valence electrons. The van der Waals surface area contributed by atoms with Gasteiger partial charge in [0.1, 0.15) is 0 Å². The lowest BCUT2D eigenvalue weighted by molar-refractivity contribution is 0.150. The topological polar surface area (TPSA) is 12.0 Å². The van der Waals surface area contributed by atoms with Gasteiger partial charge in [-0.05, 0) is 48.3 Å². The zero-order chi connectivity index (χ0) is 15.5. The van der Waals surface area contributed by atoms with E-state index in [4.69, 9.17) is 0 Å². The highest BCUT2D eigenvalue weighted by molar-refractivity contribution is 5.30. The fraction of sp³-hybridized carbons (Fsp3) is 0.700. The highest BCUT2D eigenvalue weighted by atomic mass is 14.9. The Hall–Kier alpha value is -0.820. The average Bonchev–Trinajstić information content (AvgIpc) is 2.49. The number of hydrogen-bond acceptors (Lipinski definition) is 1. The van der Waals surface area contributed by atoms with Crippen LogP contribution in [0.2, 0.25) is 0 Å². The monoisotopic (exact) mass is 287 g/mol. The summed E-state index contributed by atoms with van der Waals surface area (Å²) in [6, 6.07) is 9.88. The molecule has 1 aliphatic rings. The van der Waals surface area contributed by atoms with Crippen LogP contribution in [0, 0.1) is 5.41 Å². The molecule has 0 aliphatic heterocycles. The molecule has 1 saturated carbocycles. The van der Waals surface area contributed by atoms with Crippen molar-refractivity contribution in [3.63, 3.8) is 0 Å². The van der Waals surface area contributed by atoms with Gasteiger partial charge in [-0.15, -0.1) is 0 Å². The van der Waals surface area contributed by atoms with Crippen LogP contribution >= 0.6 is 0 Å². The van der Waals surface area contributed by atoms with Crippen molar-refractivity contribution in [2.24, 2.45) is 5.41 Å². The first-order chi connectivity index (χ1) is 9.93. The fourth-order valence-corrected chi connectivity index (χ4v) is 3.90. The summed E-state index contributed by atoms with van der Waals surface area (Å²) in [5, 5.41) is 3.60. The largest absolute Gasteiger partial charge is 0.313 e. The minimum absolute atomic E-state index is 0.280. The molecule has 1 N–H and O–H groups in total. The first-order valence-corrected chi connectivity index (χ1v) is 8.71. The van der Waals surface area contributed by atoms with E-state index in [1.165, 1.54) is 49.7 Å². The summed E-state index contributed by atoms with van der Waals surface area (Å²) >= 11 is 0. The Morgan fingerprint density at radius 3 is 2.14 bits per heavy atom. The molecule has 1 heteroatoms. The highest BCUT2D eigenvalue weighted by Gasteiger charge is 2.35. The minimum Gasteiger partial charge on any atom is -0.313 e. The molecule has 0 saturated heterocycles. The molecular formula is C20H33N. The van der Waals surface area contributed by atoms with Crippen LogP contribution in [-0.2, 0) is 5.41 Å². The van der Waals surface area contributed by atoms with Gasteiger partial charge in [-0.3, -0.25) is 0 Å². The predicted molar refractivity (Wildman–Crippen MR) is 92.8 cm³/mol. The molecule has 1 aromatic rings. The molecule has 1 aliphatic carbocycles. The lowest BCUT2D eigenvalue weighted by Crippen LogP contribution is -2.36. The summed E-state index contributed by atoms with van der Waals surface area (Å²) in [6.07, 6.45) is 8.06. The van der Waals surface area contributed by atoms with Gasteiger partial charge in [-0.25, -0.2) is 0 Å². The molecule has 0 spiro atoms. The van der Waals surface area contributed by atoms with Crippen LogP contribution < -0.4 is 5.32 Å². The van der Waals surface area contributed by atoms with Gasteiger partial charge in [0.2, 0.25) is 0 Å². The third-order valence-corrected chi connectivity index (χ3v) is 5.89. The Balaban J connectivity index is 2.23. The Morgan fingerprint density at radius 2 is 1.67 bits per heavy atom. The van der Waals surface area contributed by atoms with E-state index in [0.717, 1.165) is 0 Å². The van der Waals surface area contributed by atoms with E-state index < -0.39 is 0 Å². The van der Waals surface area contributed by atoms with E-state index in [1.807, 2.05) is 0 Å². The van der Waals surface area contributed by atoms with Gasteiger partial charge in [0, 0.05) is 6.04 Å². The molecule has 1 nitrogen and oxygen atoms in total. The molecule has 0 heterocycles. The van der Waals surface area contributed by atoms with E-state index in [-0.39, 0.29) is 5.41 Å². The Bertz CT molecular complexity index is 437. The number of hydrogen-bond donors (Lipinski definition) is 1. The smallest absolute Gasteiger partial charge is 0.0372 e. The van der Waals surface area contributed by atoms with Crippen LogP contribution in [0.5, 0.6) is 0 Å². The van der Waals surface area contributed by atoms with Crippen LogP contribution in [0.3, 0.4) is 0 Å². The average molecular weight is 287 g/mol. The summed E-state index contributed by atoms with van der Waals surface area (Å²) in [5.74, 6) is 0. The van der Waals surface area contributed by atoms with E-state index >= 15 is 0 Å². The number of benzene rings is 1. The van der Waals surface area contributed by atoms with Crippen molar-refractivity contribution in [2.75, 3.05) is 7.05 Å². The highest BCUT2D eigenvalue weighted by Crippen LogP contribution is 2.45. The van der Waals surface area contributed by atoms with Crippen LogP contribution in [0.25, 0.3) is 0 Å². The van der Waals surface area contributed by atoms with Crippen LogP contribution in [0.4, 0.5) is 0 Å². The third-order valence-electron chi connectivity index (χ3n) is 5.89. The van der Waals surface area contributed by atoms with Gasteiger partial charge < -0.3 is 5.32 Å². The molecule has 0 radical (unpaired) electrons. The molecule has 21 heavy (non-hydrogen) atoms. The van der Waals surface area contributed by atoms with Gasteiger partial charge in [-0.1, -0.05) is 71.2 Å². The van der Waals surface area contributed by atoms with Crippen LogP contribution in [0.1, 0.15) is 83.4 Å². The summed E-state index contributed by atoms with van der Waals surface area (Å²) in [4.78, 5) is 0. The lowest BCUT2D eigenvalue weighted by atomic mass is 9.68. The molecule has 1 aromatic carbocycles. The second-order valence-electron chi connectivity index (χ2n) is 7.80. The molecule has 1 unspecified atom stereocenters. The minimum atomic E-state index is 0.280. The summed E-state index contributed by atoms with van der Waals surface area (Å²) in [7, 11) is 2.12. The zero-order valence-corrected chi connectivity index (χ0v) is 14.6. The first-order valence-electron chi connectivity index (χ1n) is 8.71. The van der Waals surface area contributed by atoms with Gasteiger partial charge in [0.25, 0.3) is 0 Å². The molecule has 1 fully saturated rings. The van der Waals surface area contributed by atoms with Crippen molar-refractivity contribution in [1.29, 1.82) is 0 Å². The molecule has 0 amide bonds. The maximum Gasteiger partial charge on any atom is 0.0372 e. The van der Waals surface area contributed by atoms with Gasteiger partial charge in [0.15, 0.2) is 0 Å². The maximum atomic E-state index is 3.60. The standard InChI is InChI=1S/C20H33N/c1-6-19(2,3)17-12-10-16(11-13-17)18(21-5)20(4)14-8-7-9-15-20/h10-13,18,21H,6-9,14-15H2,1-5H3. The quantitative estimate of drug-likeness (QED) is 0.742. The zero-order valence-electron chi connectivity index (χ0n) is 14.6. The van der Waals surface area contributed by atoms with Gasteiger partial charge >= 0.3 is 0 Å². The predicted octanol–water partition coefficient (Wildman–Crippen LogP) is 5.61. The Kier molecular flexibility index (Phi) is 5.14. The summed E-state index contributed by atoms with van der Waals surface area (Å²) in [6.45, 7) is 9.41. The van der Waals surface area contributed by atoms with Crippen molar-refractivity contribution in [3.05, 3.63) is 35.4 Å². The lowest BCUT2D eigenvalue weighted by Gasteiger charge is -2.41. The van der Waals surface area contributed by atoms with E-state index in [2.05, 4.69) is 64.3 Å². The van der Waals surface area contributed by atoms with Gasteiger partial charge in [-0.2, -0.15) is 0 Å². The SMILES string of the molecule is CCC(C)(C)c1ccc(C(NC)C2(C)CCCCC2)cc1. The molecule has 0 aromatic heterocycles. The van der Waals surface area contributed by atoms with Crippen molar-refractivity contribution >= 4 is 0 Å². The Morgan fingerprint density at radius 1 is 1.10 bits per heavy atom. The second kappa shape index (κ2) is 6.52. The van der Waals surface area contributed by atoms with Crippen molar-refractivity contribution in [1.82, 2.24) is 5.32 Å². The second-order valence-corrected chi connectivity index (χ2v) is 7.80. The van der Waals surface area contributed by atoms with Crippen LogP contribution in [-0.4, -0.2) is 7.05 Å². The van der Waals surface area contributed by atoms with Gasteiger partial charge in [0.05, 0.1) is 0 Å². The van der Waals surface area contributed by atoms with E-state index in [9.17, 15) is 0 Å². The van der Waals surface area contributed by atoms with Crippen LogP contribution in [0.15, 0.2) is 24.3 Å². The summed E-state index contributed by atoms with van der Waals surface area (Å²) in [5.41, 5.74) is 3.60. The van der Waals surface area contributed by atoms with E-state index in [1.54, 1.807) is 0 Å². The van der Waals surface area contributed by atoms with Crippen molar-refractivity contribution < 1.29 is 0 Å². The molecule has 0 bridgehead atoms. The van der Waals surface area contributed by atoms with E-state index in [0.29, 0.717) is 11.5 Å². The normalized spacial score (nSPS) is 20.2. The van der Waals surface area contributed by atoms with Crippen molar-refractivity contribution in [3.8, 4) is 0 Å². The fourth-order valence-electron chi connectivity index (χ4n) is 3.90. The molecule has 2 rings (SSSR count). The maximum absolute atomic E-state index is 3.60. The first kappa shape index (κ1) is 16.5. The summed E-state index contributed by atoms with van der Waals surface area (Å²) < 4.78 is 0. The number of nitrogens with one attached hydrogen (secondary N) is 1. The molecule has 1 atom stereocenters. The van der Waals surface area contributed by atoms with Crippen molar-refractivity contribution in [2.45, 2.75) is 77.7 Å². The number of rotatable bonds is 5.